The van der Waals surface area contributed by atoms with E-state index >= 15 is 0 Å². The number of nitrogens with two attached hydrogens (primary N) is 1. The molecule has 3 N–H and O–H groups in total. The summed E-state index contributed by atoms with van der Waals surface area (Å²) >= 11 is 0. The van der Waals surface area contributed by atoms with E-state index in [1.54, 1.807) is 0 Å². The van der Waals surface area contributed by atoms with Gasteiger partial charge in [0.2, 0.25) is 0 Å². The van der Waals surface area contributed by atoms with Crippen LogP contribution in [0.3, 0.4) is 0 Å². The molecule has 0 amide bonds. The maximum Gasteiger partial charge on any atom is 0.342 e. The molecule has 6 heteroatoms. The van der Waals surface area contributed by atoms with Crippen molar-refractivity contribution in [3.63, 3.8) is 0 Å². The molecule has 0 saturated heterocycles. The Morgan fingerprint density at radius 1 is 1.26 bits per heavy atom. The molecular formula is C13H19N4O2+. The molecule has 3 atom stereocenters. The average Bonchev–Trinajstić information content (AvgIpc) is 2.78. The van der Waals surface area contributed by atoms with Crippen LogP contribution in [0.1, 0.15) is 26.7 Å². The zero-order chi connectivity index (χ0) is 14.5. The van der Waals surface area contributed by atoms with Crippen LogP contribution < -0.4 is 10.7 Å². The number of rotatable bonds is 4. The van der Waals surface area contributed by atoms with Crippen LogP contribution in [0.15, 0.2) is 0 Å². The maximum atomic E-state index is 9.77. The van der Waals surface area contributed by atoms with Crippen molar-refractivity contribution in [3.8, 4) is 12.1 Å². The third-order valence-corrected chi connectivity index (χ3v) is 5.01. The lowest BCUT2D eigenvalue weighted by Gasteiger charge is -2.29. The zero-order valence-corrected chi connectivity index (χ0v) is 11.7. The summed E-state index contributed by atoms with van der Waals surface area (Å²) in [4.78, 5) is 2.87. The topological polar surface area (TPSA) is 106 Å². The molecule has 0 radical (unpaired) electrons. The number of nitriles is 2. The van der Waals surface area contributed by atoms with Crippen molar-refractivity contribution in [1.29, 1.82) is 10.5 Å². The highest BCUT2D eigenvalue weighted by atomic mass is 16.7. The van der Waals surface area contributed by atoms with E-state index in [1.165, 1.54) is 14.2 Å². The van der Waals surface area contributed by atoms with Crippen LogP contribution in [0.4, 0.5) is 0 Å². The molecule has 1 heterocycles. The Morgan fingerprint density at radius 3 is 2.21 bits per heavy atom. The molecule has 0 aromatic rings. The first-order chi connectivity index (χ1) is 8.93. The number of hydrogen-bond acceptors (Lipinski definition) is 5. The fraction of sp³-hybridized carbons (Fsp3) is 0.769. The van der Waals surface area contributed by atoms with Gasteiger partial charge in [0.25, 0.3) is 5.84 Å². The number of fused-ring (bicyclic) bond motifs is 1. The van der Waals surface area contributed by atoms with Gasteiger partial charge in [0.05, 0.1) is 12.1 Å². The van der Waals surface area contributed by atoms with Gasteiger partial charge >= 0.3 is 5.91 Å². The van der Waals surface area contributed by atoms with Crippen LogP contribution in [0.5, 0.6) is 0 Å². The maximum absolute atomic E-state index is 9.77. The molecule has 0 aromatic heterocycles. The second kappa shape index (κ2) is 3.69. The Hall–Kier alpha value is -1.63. The highest BCUT2D eigenvalue weighted by Gasteiger charge is 3.01. The summed E-state index contributed by atoms with van der Waals surface area (Å²) in [6.45, 7) is 3.92. The molecule has 1 aliphatic carbocycles. The number of ether oxygens (including phenoxy) is 2. The van der Waals surface area contributed by atoms with Crippen molar-refractivity contribution in [1.82, 2.24) is 0 Å². The smallest absolute Gasteiger partial charge is 0.317 e. The third-order valence-electron chi connectivity index (χ3n) is 5.01. The lowest BCUT2D eigenvalue weighted by molar-refractivity contribution is -0.689. The number of amidine groups is 1. The van der Waals surface area contributed by atoms with Gasteiger partial charge in [-0.05, 0) is 6.42 Å². The van der Waals surface area contributed by atoms with Gasteiger partial charge in [-0.2, -0.15) is 10.5 Å². The Morgan fingerprint density at radius 2 is 1.84 bits per heavy atom. The fourth-order valence-electron chi connectivity index (χ4n) is 4.17. The van der Waals surface area contributed by atoms with Crippen molar-refractivity contribution in [2.45, 2.75) is 32.6 Å². The SMILES string of the molecule is CCC[C@@]1(C)[C@]2(C#N)C(N)=[NH+]C(OC)(OC)[C@]12C#N. The van der Waals surface area contributed by atoms with Crippen molar-refractivity contribution in [2.75, 3.05) is 14.2 Å². The molecule has 1 fully saturated rings. The normalized spacial score (nSPS) is 41.9. The summed E-state index contributed by atoms with van der Waals surface area (Å²) in [6, 6.07) is 4.52. The molecular weight excluding hydrogens is 244 g/mol. The largest absolute Gasteiger partial charge is 0.342 e. The summed E-state index contributed by atoms with van der Waals surface area (Å²) in [5, 5.41) is 19.4. The molecule has 0 aromatic carbocycles. The minimum absolute atomic E-state index is 0.260. The minimum atomic E-state index is -1.37. The number of methoxy groups -OCH3 is 2. The highest BCUT2D eigenvalue weighted by Crippen LogP contribution is 2.83. The van der Waals surface area contributed by atoms with Gasteiger partial charge in [-0.1, -0.05) is 20.3 Å². The Kier molecular flexibility index (Phi) is 2.68. The monoisotopic (exact) mass is 263 g/mol. The standard InChI is InChI=1S/C13H18N4O2/c1-5-6-10(2)11(7-14)9(16)17-13(18-3,19-4)12(10,11)8-15/h5-6H2,1-4H3,(H2,16,17)/p+1/t10-,11-,12+/m0/s1. The van der Waals surface area contributed by atoms with E-state index < -0.39 is 22.2 Å². The van der Waals surface area contributed by atoms with Gasteiger partial charge in [-0.15, -0.1) is 0 Å². The lowest BCUT2D eigenvalue weighted by atomic mass is 9.87. The van der Waals surface area contributed by atoms with E-state index in [0.717, 1.165) is 6.42 Å². The third kappa shape index (κ3) is 0.959. The summed E-state index contributed by atoms with van der Waals surface area (Å²) < 4.78 is 10.9. The van der Waals surface area contributed by atoms with Crippen LogP contribution in [-0.4, -0.2) is 26.0 Å². The molecule has 1 saturated carbocycles. The fourth-order valence-corrected chi connectivity index (χ4v) is 4.17. The Labute approximate surface area is 112 Å². The van der Waals surface area contributed by atoms with Gasteiger partial charge in [0.15, 0.2) is 10.8 Å². The van der Waals surface area contributed by atoms with Gasteiger partial charge < -0.3 is 9.47 Å². The first kappa shape index (κ1) is 13.8. The molecule has 102 valence electrons. The first-order valence-electron chi connectivity index (χ1n) is 6.27. The van der Waals surface area contributed by atoms with Crippen molar-refractivity contribution >= 4 is 5.84 Å². The molecule has 0 spiro atoms. The van der Waals surface area contributed by atoms with Gasteiger partial charge in [-0.3, -0.25) is 5.73 Å². The van der Waals surface area contributed by atoms with Gasteiger partial charge in [0, 0.05) is 19.6 Å². The van der Waals surface area contributed by atoms with E-state index in [4.69, 9.17) is 15.2 Å². The number of hydrogen-bond donors (Lipinski definition) is 2. The van der Waals surface area contributed by atoms with Gasteiger partial charge in [-0.25, -0.2) is 4.99 Å². The van der Waals surface area contributed by atoms with E-state index in [-0.39, 0.29) is 5.84 Å². The second-order valence-electron chi connectivity index (χ2n) is 5.37. The predicted octanol–water partition coefficient (Wildman–Crippen LogP) is -0.776. The average molecular weight is 263 g/mol. The Bertz CT molecular complexity index is 528. The van der Waals surface area contributed by atoms with Crippen LogP contribution >= 0.6 is 0 Å². The van der Waals surface area contributed by atoms with E-state index in [2.05, 4.69) is 17.1 Å². The quantitative estimate of drug-likeness (QED) is 0.647. The van der Waals surface area contributed by atoms with E-state index in [9.17, 15) is 10.5 Å². The second-order valence-corrected chi connectivity index (χ2v) is 5.37. The van der Waals surface area contributed by atoms with Crippen molar-refractivity contribution < 1.29 is 14.5 Å². The van der Waals surface area contributed by atoms with Gasteiger partial charge in [0.1, 0.15) is 0 Å². The zero-order valence-electron chi connectivity index (χ0n) is 11.7. The van der Waals surface area contributed by atoms with Crippen LogP contribution in [-0.2, 0) is 9.47 Å². The summed E-state index contributed by atoms with van der Waals surface area (Å²) in [6.07, 6.45) is 1.55. The van der Waals surface area contributed by atoms with Crippen LogP contribution in [0, 0.1) is 38.9 Å². The molecule has 19 heavy (non-hydrogen) atoms. The van der Waals surface area contributed by atoms with Crippen molar-refractivity contribution in [2.24, 2.45) is 22.0 Å². The minimum Gasteiger partial charge on any atom is -0.317 e. The highest BCUT2D eigenvalue weighted by molar-refractivity contribution is 5.94. The lowest BCUT2D eigenvalue weighted by Crippen LogP contribution is -2.91. The summed E-state index contributed by atoms with van der Waals surface area (Å²) in [5.74, 6) is -1.11. The molecule has 1 aliphatic heterocycles. The molecule has 0 bridgehead atoms. The summed E-state index contributed by atoms with van der Waals surface area (Å²) in [7, 11) is 2.89. The van der Waals surface area contributed by atoms with Crippen LogP contribution in [0.25, 0.3) is 0 Å². The molecule has 0 unspecified atom stereocenters. The molecule has 2 aliphatic rings. The Balaban J connectivity index is 2.73. The molecule has 2 rings (SSSR count). The van der Waals surface area contributed by atoms with Crippen molar-refractivity contribution in [3.05, 3.63) is 0 Å². The van der Waals surface area contributed by atoms with E-state index in [1.807, 2.05) is 13.8 Å². The summed E-state index contributed by atoms with van der Waals surface area (Å²) in [5.41, 5.74) is 3.24. The predicted molar refractivity (Wildman–Crippen MR) is 66.0 cm³/mol. The first-order valence-corrected chi connectivity index (χ1v) is 6.27. The number of nitrogens with zero attached hydrogens (tertiary/aromatic N) is 2. The van der Waals surface area contributed by atoms with Crippen LogP contribution in [0.2, 0.25) is 0 Å². The van der Waals surface area contributed by atoms with E-state index in [0.29, 0.717) is 6.42 Å². The number of nitrogens with one attached hydrogen (secondary N) is 1. The molecule has 6 nitrogen and oxygen atoms in total.